The van der Waals surface area contributed by atoms with Crippen LogP contribution in [0.1, 0.15) is 37.3 Å². The highest BCUT2D eigenvalue weighted by molar-refractivity contribution is 5.58. The van der Waals surface area contributed by atoms with Crippen molar-refractivity contribution in [1.82, 2.24) is 25.1 Å². The van der Waals surface area contributed by atoms with Gasteiger partial charge in [0.25, 0.3) is 0 Å². The third-order valence-electron chi connectivity index (χ3n) is 6.08. The maximum Gasteiger partial charge on any atom is 0.173 e. The molecule has 3 aromatic rings. The highest BCUT2D eigenvalue weighted by Gasteiger charge is 2.31. The van der Waals surface area contributed by atoms with E-state index in [1.165, 1.54) is 11.3 Å². The second kappa shape index (κ2) is 9.56. The molecular weight excluding hydrogens is 402 g/mol. The summed E-state index contributed by atoms with van der Waals surface area (Å²) >= 11 is 0. The molecule has 1 fully saturated rings. The maximum absolute atomic E-state index is 5.58. The van der Waals surface area contributed by atoms with E-state index in [0.717, 1.165) is 43.4 Å². The lowest BCUT2D eigenvalue weighted by atomic mass is 10.0. The maximum atomic E-state index is 5.58. The molecule has 4 rings (SSSR count). The van der Waals surface area contributed by atoms with Gasteiger partial charge in [0.1, 0.15) is 5.75 Å². The Bertz CT molecular complexity index is 1010. The zero-order valence-electron chi connectivity index (χ0n) is 19.6. The van der Waals surface area contributed by atoms with Gasteiger partial charge in [0.2, 0.25) is 0 Å². The molecule has 32 heavy (non-hydrogen) atoms. The molecular formula is C24H33N7O. The van der Waals surface area contributed by atoms with Gasteiger partial charge in [-0.05, 0) is 54.1 Å². The van der Waals surface area contributed by atoms with Crippen molar-refractivity contribution in [3.05, 3.63) is 59.9 Å². The third-order valence-corrected chi connectivity index (χ3v) is 6.08. The lowest BCUT2D eigenvalue weighted by molar-refractivity contribution is 0.198. The van der Waals surface area contributed by atoms with Crippen LogP contribution in [0.5, 0.6) is 5.75 Å². The fourth-order valence-corrected chi connectivity index (χ4v) is 4.34. The van der Waals surface area contributed by atoms with Gasteiger partial charge in [0.15, 0.2) is 5.82 Å². The molecule has 8 nitrogen and oxygen atoms in total. The molecule has 1 atom stereocenters. The molecule has 2 aromatic carbocycles. The molecule has 170 valence electrons. The number of tetrazole rings is 1. The summed E-state index contributed by atoms with van der Waals surface area (Å²) in [6.07, 6.45) is 0. The first-order chi connectivity index (χ1) is 15.5. The largest absolute Gasteiger partial charge is 0.495 e. The average molecular weight is 436 g/mol. The van der Waals surface area contributed by atoms with Crippen LogP contribution in [0, 0.1) is 0 Å². The molecule has 1 aromatic heterocycles. The van der Waals surface area contributed by atoms with Crippen molar-refractivity contribution in [2.75, 3.05) is 57.2 Å². The number of anilines is 2. The molecule has 2 heterocycles. The zero-order chi connectivity index (χ0) is 22.7. The number of benzene rings is 2. The predicted molar refractivity (Wildman–Crippen MR) is 128 cm³/mol. The number of rotatable bonds is 7. The Morgan fingerprint density at radius 1 is 0.938 bits per heavy atom. The fourth-order valence-electron chi connectivity index (χ4n) is 4.34. The highest BCUT2D eigenvalue weighted by Crippen LogP contribution is 2.33. The van der Waals surface area contributed by atoms with Crippen LogP contribution >= 0.6 is 0 Å². The van der Waals surface area contributed by atoms with E-state index in [1.54, 1.807) is 7.11 Å². The van der Waals surface area contributed by atoms with E-state index < -0.39 is 0 Å². The number of methoxy groups -OCH3 is 1. The standard InChI is InChI=1S/C24H33N7O/c1-18(2)31-24(25-26-27-31)23(19-10-12-20(13-11-19)28(3)4)30-16-14-29(15-17-30)21-8-6-7-9-22(21)32-5/h6-13,18,23H,14-17H2,1-5H3. The second-order valence-electron chi connectivity index (χ2n) is 8.66. The SMILES string of the molecule is COc1ccccc1N1CCN(C(c2ccc(N(C)C)cc2)c2nnnn2C(C)C)CC1. The van der Waals surface area contributed by atoms with Gasteiger partial charge in [-0.1, -0.05) is 24.3 Å². The van der Waals surface area contributed by atoms with Crippen molar-refractivity contribution in [2.45, 2.75) is 25.9 Å². The van der Waals surface area contributed by atoms with Crippen LogP contribution in [-0.4, -0.2) is 72.5 Å². The van der Waals surface area contributed by atoms with E-state index in [0.29, 0.717) is 0 Å². The van der Waals surface area contributed by atoms with Crippen molar-refractivity contribution in [1.29, 1.82) is 0 Å². The summed E-state index contributed by atoms with van der Waals surface area (Å²) in [6.45, 7) is 7.87. The third kappa shape index (κ3) is 4.41. The topological polar surface area (TPSA) is 62.6 Å². The lowest BCUT2D eigenvalue weighted by Crippen LogP contribution is -2.48. The molecule has 0 bridgehead atoms. The summed E-state index contributed by atoms with van der Waals surface area (Å²) in [5.74, 6) is 1.81. The number of ether oxygens (including phenoxy) is 1. The number of nitrogens with zero attached hydrogens (tertiary/aromatic N) is 7. The van der Waals surface area contributed by atoms with Gasteiger partial charge in [-0.3, -0.25) is 4.90 Å². The van der Waals surface area contributed by atoms with Gasteiger partial charge < -0.3 is 14.5 Å². The van der Waals surface area contributed by atoms with E-state index in [9.17, 15) is 0 Å². The minimum atomic E-state index is 0.00318. The highest BCUT2D eigenvalue weighted by atomic mass is 16.5. The van der Waals surface area contributed by atoms with Crippen molar-refractivity contribution >= 4 is 11.4 Å². The smallest absolute Gasteiger partial charge is 0.173 e. The molecule has 1 unspecified atom stereocenters. The molecule has 0 radical (unpaired) electrons. The first-order valence-electron chi connectivity index (χ1n) is 11.2. The Labute approximate surface area is 190 Å². The number of piperazine rings is 1. The summed E-state index contributed by atoms with van der Waals surface area (Å²) < 4.78 is 7.53. The Morgan fingerprint density at radius 2 is 1.62 bits per heavy atom. The Hall–Kier alpha value is -3.13. The Balaban J connectivity index is 1.62. The molecule has 0 N–H and O–H groups in total. The molecule has 1 aliphatic heterocycles. The van der Waals surface area contributed by atoms with Crippen LogP contribution in [0.4, 0.5) is 11.4 Å². The lowest BCUT2D eigenvalue weighted by Gasteiger charge is -2.40. The molecule has 0 amide bonds. The molecule has 0 aliphatic carbocycles. The monoisotopic (exact) mass is 435 g/mol. The zero-order valence-corrected chi connectivity index (χ0v) is 19.6. The summed E-state index contributed by atoms with van der Waals surface area (Å²) in [5, 5.41) is 12.8. The quantitative estimate of drug-likeness (QED) is 0.565. The van der Waals surface area contributed by atoms with E-state index in [2.05, 4.69) is 94.6 Å². The minimum absolute atomic E-state index is 0.00318. The van der Waals surface area contributed by atoms with Crippen molar-refractivity contribution in [3.63, 3.8) is 0 Å². The van der Waals surface area contributed by atoms with E-state index in [1.807, 2.05) is 16.8 Å². The number of para-hydroxylation sites is 2. The van der Waals surface area contributed by atoms with Crippen LogP contribution in [0.15, 0.2) is 48.5 Å². The van der Waals surface area contributed by atoms with Gasteiger partial charge >= 0.3 is 0 Å². The van der Waals surface area contributed by atoms with Crippen LogP contribution in [0.25, 0.3) is 0 Å². The number of aromatic nitrogens is 4. The molecule has 8 heteroatoms. The number of hydrogen-bond acceptors (Lipinski definition) is 7. The van der Waals surface area contributed by atoms with Gasteiger partial charge in [-0.25, -0.2) is 4.68 Å². The van der Waals surface area contributed by atoms with Crippen molar-refractivity contribution in [2.24, 2.45) is 0 Å². The summed E-state index contributed by atoms with van der Waals surface area (Å²) in [5.41, 5.74) is 3.53. The molecule has 0 saturated carbocycles. The van der Waals surface area contributed by atoms with Gasteiger partial charge in [0.05, 0.1) is 24.9 Å². The van der Waals surface area contributed by atoms with E-state index in [-0.39, 0.29) is 12.1 Å². The Morgan fingerprint density at radius 3 is 2.25 bits per heavy atom. The summed E-state index contributed by atoms with van der Waals surface area (Å²) in [6, 6.07) is 17.2. The van der Waals surface area contributed by atoms with Crippen molar-refractivity contribution < 1.29 is 4.74 Å². The first-order valence-corrected chi connectivity index (χ1v) is 11.2. The second-order valence-corrected chi connectivity index (χ2v) is 8.66. The van der Waals surface area contributed by atoms with Gasteiger partial charge in [-0.2, -0.15) is 0 Å². The first kappa shape index (κ1) is 22.1. The normalized spacial score (nSPS) is 15.8. The minimum Gasteiger partial charge on any atom is -0.495 e. The van der Waals surface area contributed by atoms with Crippen LogP contribution < -0.4 is 14.5 Å². The van der Waals surface area contributed by atoms with E-state index >= 15 is 0 Å². The molecule has 1 aliphatic rings. The average Bonchev–Trinajstić information content (AvgIpc) is 3.30. The van der Waals surface area contributed by atoms with Gasteiger partial charge in [0, 0.05) is 46.0 Å². The van der Waals surface area contributed by atoms with Crippen LogP contribution in [-0.2, 0) is 0 Å². The summed E-state index contributed by atoms with van der Waals surface area (Å²) in [7, 11) is 5.85. The molecule has 1 saturated heterocycles. The molecule has 0 spiro atoms. The fraction of sp³-hybridized carbons (Fsp3) is 0.458. The van der Waals surface area contributed by atoms with Gasteiger partial charge in [-0.15, -0.1) is 5.10 Å². The Kier molecular flexibility index (Phi) is 6.60. The number of hydrogen-bond donors (Lipinski definition) is 0. The van der Waals surface area contributed by atoms with Crippen molar-refractivity contribution in [3.8, 4) is 5.75 Å². The van der Waals surface area contributed by atoms with Crippen LogP contribution in [0.2, 0.25) is 0 Å². The van der Waals surface area contributed by atoms with E-state index in [4.69, 9.17) is 4.74 Å². The van der Waals surface area contributed by atoms with Crippen LogP contribution in [0.3, 0.4) is 0 Å². The predicted octanol–water partition coefficient (Wildman–Crippen LogP) is 3.24. The summed E-state index contributed by atoms with van der Waals surface area (Å²) in [4.78, 5) is 7.00.